The summed E-state index contributed by atoms with van der Waals surface area (Å²) >= 11 is 6.51. The zero-order valence-electron chi connectivity index (χ0n) is 11.2. The standard InChI is InChI=1S/C18H11ClN2/c19-13-9-8-11-4-3-5-12-10-21-15-7-2-1-6-14(15)20-18(21)17(13)16(11)12/h1-9H,10H2. The summed E-state index contributed by atoms with van der Waals surface area (Å²) in [5.74, 6) is 0.977. The monoisotopic (exact) mass is 290 g/mol. The summed E-state index contributed by atoms with van der Waals surface area (Å²) in [4.78, 5) is 4.82. The molecule has 0 bridgehead atoms. The number of hydrogen-bond donors (Lipinski definition) is 0. The largest absolute Gasteiger partial charge is 0.319 e. The fraction of sp³-hybridized carbons (Fsp3) is 0.0556. The van der Waals surface area contributed by atoms with Crippen LogP contribution in [0.1, 0.15) is 5.56 Å². The molecule has 1 aromatic heterocycles. The number of rotatable bonds is 0. The third-order valence-electron chi connectivity index (χ3n) is 4.29. The Morgan fingerprint density at radius 1 is 0.952 bits per heavy atom. The summed E-state index contributed by atoms with van der Waals surface area (Å²) in [6, 6.07) is 18.7. The van der Waals surface area contributed by atoms with Crippen LogP contribution in [0.25, 0.3) is 33.2 Å². The molecule has 0 atom stereocenters. The molecule has 0 spiro atoms. The molecule has 1 aliphatic rings. The quantitative estimate of drug-likeness (QED) is 0.398. The fourth-order valence-corrected chi connectivity index (χ4v) is 3.62. The van der Waals surface area contributed by atoms with Crippen molar-refractivity contribution in [2.45, 2.75) is 6.54 Å². The van der Waals surface area contributed by atoms with Crippen LogP contribution in [0.5, 0.6) is 0 Å². The van der Waals surface area contributed by atoms with Gasteiger partial charge < -0.3 is 4.57 Å². The number of hydrogen-bond acceptors (Lipinski definition) is 1. The van der Waals surface area contributed by atoms with Gasteiger partial charge in [0.1, 0.15) is 5.82 Å². The van der Waals surface area contributed by atoms with Gasteiger partial charge in [0.05, 0.1) is 22.6 Å². The molecule has 0 amide bonds. The number of fused-ring (bicyclic) bond motifs is 4. The molecule has 0 fully saturated rings. The van der Waals surface area contributed by atoms with Crippen molar-refractivity contribution < 1.29 is 0 Å². The summed E-state index contributed by atoms with van der Waals surface area (Å²) in [5.41, 5.74) is 4.55. The number of imidazole rings is 1. The third kappa shape index (κ3) is 1.40. The van der Waals surface area contributed by atoms with Crippen LogP contribution in [-0.2, 0) is 6.54 Å². The second kappa shape index (κ2) is 3.86. The van der Waals surface area contributed by atoms with Gasteiger partial charge in [-0.2, -0.15) is 0 Å². The van der Waals surface area contributed by atoms with Gasteiger partial charge in [0.15, 0.2) is 0 Å². The summed E-state index contributed by atoms with van der Waals surface area (Å²) in [7, 11) is 0. The Labute approximate surface area is 126 Å². The van der Waals surface area contributed by atoms with Crippen molar-refractivity contribution in [3.8, 4) is 11.4 Å². The molecule has 0 radical (unpaired) electrons. The molecule has 1 aliphatic heterocycles. The molecule has 5 rings (SSSR count). The highest BCUT2D eigenvalue weighted by atomic mass is 35.5. The minimum absolute atomic E-state index is 0.770. The zero-order valence-corrected chi connectivity index (χ0v) is 11.9. The zero-order chi connectivity index (χ0) is 14.0. The van der Waals surface area contributed by atoms with E-state index in [2.05, 4.69) is 47.0 Å². The lowest BCUT2D eigenvalue weighted by atomic mass is 9.96. The van der Waals surface area contributed by atoms with Gasteiger partial charge in [0.2, 0.25) is 0 Å². The Morgan fingerprint density at radius 2 is 1.86 bits per heavy atom. The van der Waals surface area contributed by atoms with Gasteiger partial charge in [0, 0.05) is 5.56 Å². The predicted octanol–water partition coefficient (Wildman–Crippen LogP) is 4.87. The molecular weight excluding hydrogens is 280 g/mol. The molecule has 2 heterocycles. The molecule has 0 saturated heterocycles. The van der Waals surface area contributed by atoms with Gasteiger partial charge in [-0.15, -0.1) is 0 Å². The van der Waals surface area contributed by atoms with Gasteiger partial charge in [-0.3, -0.25) is 0 Å². The van der Waals surface area contributed by atoms with E-state index >= 15 is 0 Å². The van der Waals surface area contributed by atoms with Crippen LogP contribution in [0.15, 0.2) is 54.6 Å². The molecule has 0 N–H and O–H groups in total. The predicted molar refractivity (Wildman–Crippen MR) is 86.8 cm³/mol. The molecule has 2 nitrogen and oxygen atoms in total. The lowest BCUT2D eigenvalue weighted by molar-refractivity contribution is 0.831. The SMILES string of the molecule is Clc1ccc2cccc3c2c1-c1nc2ccccc2n1C3. The minimum Gasteiger partial charge on any atom is -0.319 e. The number of nitrogens with zero attached hydrogens (tertiary/aromatic N) is 2. The van der Waals surface area contributed by atoms with Crippen molar-refractivity contribution in [2.75, 3.05) is 0 Å². The van der Waals surface area contributed by atoms with Gasteiger partial charge in [-0.05, 0) is 34.5 Å². The smallest absolute Gasteiger partial charge is 0.143 e. The summed E-state index contributed by atoms with van der Waals surface area (Å²) < 4.78 is 2.26. The summed E-state index contributed by atoms with van der Waals surface area (Å²) in [5, 5.41) is 3.24. The van der Waals surface area contributed by atoms with Crippen molar-refractivity contribution >= 4 is 33.4 Å². The van der Waals surface area contributed by atoms with Crippen LogP contribution < -0.4 is 0 Å². The molecule has 0 saturated carbocycles. The van der Waals surface area contributed by atoms with Gasteiger partial charge >= 0.3 is 0 Å². The highest BCUT2D eigenvalue weighted by Gasteiger charge is 2.23. The molecule has 3 heteroatoms. The lowest BCUT2D eigenvalue weighted by Crippen LogP contribution is -2.08. The van der Waals surface area contributed by atoms with Crippen LogP contribution in [0.4, 0.5) is 0 Å². The van der Waals surface area contributed by atoms with Crippen molar-refractivity contribution in [1.29, 1.82) is 0 Å². The topological polar surface area (TPSA) is 17.8 Å². The van der Waals surface area contributed by atoms with Crippen LogP contribution in [0.3, 0.4) is 0 Å². The van der Waals surface area contributed by atoms with Crippen molar-refractivity contribution in [3.05, 3.63) is 65.2 Å². The highest BCUT2D eigenvalue weighted by molar-refractivity contribution is 6.35. The Hall–Kier alpha value is -2.32. The molecule has 100 valence electrons. The molecule has 4 aromatic rings. The van der Waals surface area contributed by atoms with E-state index in [1.807, 2.05) is 12.1 Å². The molecular formula is C18H11ClN2. The van der Waals surface area contributed by atoms with Crippen LogP contribution >= 0.6 is 11.6 Å². The fourth-order valence-electron chi connectivity index (χ4n) is 3.38. The Morgan fingerprint density at radius 3 is 2.81 bits per heavy atom. The van der Waals surface area contributed by atoms with E-state index in [1.165, 1.54) is 16.3 Å². The van der Waals surface area contributed by atoms with Crippen molar-refractivity contribution in [2.24, 2.45) is 0 Å². The van der Waals surface area contributed by atoms with E-state index in [0.29, 0.717) is 0 Å². The summed E-state index contributed by atoms with van der Waals surface area (Å²) in [6.45, 7) is 0.848. The molecule has 3 aromatic carbocycles. The number of benzene rings is 3. The highest BCUT2D eigenvalue weighted by Crippen LogP contribution is 2.41. The Bertz CT molecular complexity index is 1030. The average molecular weight is 291 g/mol. The lowest BCUT2D eigenvalue weighted by Gasteiger charge is -2.20. The first-order valence-corrected chi connectivity index (χ1v) is 7.36. The minimum atomic E-state index is 0.770. The maximum Gasteiger partial charge on any atom is 0.143 e. The summed E-state index contributed by atoms with van der Waals surface area (Å²) in [6.07, 6.45) is 0. The van der Waals surface area contributed by atoms with Gasteiger partial charge in [-0.25, -0.2) is 4.98 Å². The molecule has 21 heavy (non-hydrogen) atoms. The number of aromatic nitrogens is 2. The average Bonchev–Trinajstić information content (AvgIpc) is 2.88. The number of halogens is 1. The maximum absolute atomic E-state index is 6.51. The second-order valence-corrected chi connectivity index (χ2v) is 5.86. The molecule has 0 unspecified atom stereocenters. The van der Waals surface area contributed by atoms with Crippen molar-refractivity contribution in [1.82, 2.24) is 9.55 Å². The van der Waals surface area contributed by atoms with Crippen LogP contribution in [-0.4, -0.2) is 9.55 Å². The Balaban J connectivity index is 2.02. The maximum atomic E-state index is 6.51. The second-order valence-electron chi connectivity index (χ2n) is 5.45. The van der Waals surface area contributed by atoms with E-state index in [4.69, 9.17) is 16.6 Å². The first-order chi connectivity index (χ1) is 10.3. The van der Waals surface area contributed by atoms with E-state index < -0.39 is 0 Å². The Kier molecular flexibility index (Phi) is 2.09. The van der Waals surface area contributed by atoms with E-state index in [-0.39, 0.29) is 0 Å². The van der Waals surface area contributed by atoms with Crippen LogP contribution in [0, 0.1) is 0 Å². The van der Waals surface area contributed by atoms with E-state index in [0.717, 1.165) is 34.0 Å². The normalized spacial score (nSPS) is 12.8. The van der Waals surface area contributed by atoms with Gasteiger partial charge in [0.25, 0.3) is 0 Å². The van der Waals surface area contributed by atoms with E-state index in [1.54, 1.807) is 0 Å². The third-order valence-corrected chi connectivity index (χ3v) is 4.60. The van der Waals surface area contributed by atoms with Gasteiger partial charge in [-0.1, -0.05) is 48.0 Å². The first-order valence-electron chi connectivity index (χ1n) is 6.99. The van der Waals surface area contributed by atoms with E-state index in [9.17, 15) is 0 Å². The first kappa shape index (κ1) is 11.4. The van der Waals surface area contributed by atoms with Crippen molar-refractivity contribution in [3.63, 3.8) is 0 Å². The van der Waals surface area contributed by atoms with Crippen LogP contribution in [0.2, 0.25) is 5.02 Å². The number of para-hydroxylation sites is 2. The molecule has 0 aliphatic carbocycles.